The van der Waals surface area contributed by atoms with E-state index in [1.807, 2.05) is 29.6 Å². The molecule has 0 atom stereocenters. The Labute approximate surface area is 146 Å². The summed E-state index contributed by atoms with van der Waals surface area (Å²) in [4.78, 5) is 30.3. The SMILES string of the molecule is CCOC(=O)CNc1cccc(C(=O)N2CCCn3cncc3C2)c1. The van der Waals surface area contributed by atoms with Crippen LogP contribution in [-0.4, -0.2) is 46.0 Å². The van der Waals surface area contributed by atoms with Gasteiger partial charge in [-0.05, 0) is 31.5 Å². The molecule has 0 bridgehead atoms. The number of rotatable bonds is 5. The Balaban J connectivity index is 1.68. The highest BCUT2D eigenvalue weighted by Gasteiger charge is 2.20. The quantitative estimate of drug-likeness (QED) is 0.840. The van der Waals surface area contributed by atoms with E-state index in [2.05, 4.69) is 14.9 Å². The van der Waals surface area contributed by atoms with Gasteiger partial charge in [-0.3, -0.25) is 9.59 Å². The number of aryl methyl sites for hydroxylation is 1. The predicted molar refractivity (Wildman–Crippen MR) is 93.1 cm³/mol. The number of nitrogens with one attached hydrogen (secondary N) is 1. The fraction of sp³-hybridized carbons (Fsp3) is 0.389. The van der Waals surface area contributed by atoms with E-state index in [1.54, 1.807) is 19.1 Å². The molecule has 0 fully saturated rings. The summed E-state index contributed by atoms with van der Waals surface area (Å²) in [6.45, 7) is 4.34. The van der Waals surface area contributed by atoms with Crippen molar-refractivity contribution in [2.45, 2.75) is 26.4 Å². The van der Waals surface area contributed by atoms with E-state index in [0.29, 0.717) is 25.3 Å². The van der Waals surface area contributed by atoms with E-state index in [-0.39, 0.29) is 18.4 Å². The lowest BCUT2D eigenvalue weighted by molar-refractivity contribution is -0.140. The number of hydrogen-bond donors (Lipinski definition) is 1. The molecular formula is C18H22N4O3. The molecule has 7 nitrogen and oxygen atoms in total. The van der Waals surface area contributed by atoms with Crippen LogP contribution in [0.25, 0.3) is 0 Å². The average molecular weight is 342 g/mol. The Hall–Kier alpha value is -2.83. The van der Waals surface area contributed by atoms with E-state index >= 15 is 0 Å². The van der Waals surface area contributed by atoms with Crippen LogP contribution in [0.5, 0.6) is 0 Å². The number of amides is 1. The summed E-state index contributed by atoms with van der Waals surface area (Å²) in [7, 11) is 0. The number of fused-ring (bicyclic) bond motifs is 1. The lowest BCUT2D eigenvalue weighted by atomic mass is 10.1. The van der Waals surface area contributed by atoms with Crippen molar-refractivity contribution in [2.24, 2.45) is 0 Å². The van der Waals surface area contributed by atoms with Crippen LogP contribution in [0.1, 0.15) is 29.4 Å². The molecular weight excluding hydrogens is 320 g/mol. The molecule has 0 saturated heterocycles. The number of carbonyl (C=O) groups is 2. The van der Waals surface area contributed by atoms with Crippen LogP contribution in [0, 0.1) is 0 Å². The molecule has 0 aliphatic carbocycles. The van der Waals surface area contributed by atoms with Crippen molar-refractivity contribution < 1.29 is 14.3 Å². The molecule has 7 heteroatoms. The largest absolute Gasteiger partial charge is 0.465 e. The lowest BCUT2D eigenvalue weighted by Crippen LogP contribution is -2.30. The van der Waals surface area contributed by atoms with Crippen molar-refractivity contribution in [1.82, 2.24) is 14.5 Å². The molecule has 0 radical (unpaired) electrons. The molecule has 0 spiro atoms. The van der Waals surface area contributed by atoms with Gasteiger partial charge in [0.15, 0.2) is 0 Å². The summed E-state index contributed by atoms with van der Waals surface area (Å²) in [5.74, 6) is -0.338. The fourth-order valence-electron chi connectivity index (χ4n) is 2.89. The molecule has 1 aromatic carbocycles. The summed E-state index contributed by atoms with van der Waals surface area (Å²) >= 11 is 0. The van der Waals surface area contributed by atoms with Gasteiger partial charge in [0.2, 0.25) is 0 Å². The van der Waals surface area contributed by atoms with Gasteiger partial charge in [-0.2, -0.15) is 0 Å². The van der Waals surface area contributed by atoms with Gasteiger partial charge in [-0.1, -0.05) is 6.07 Å². The van der Waals surface area contributed by atoms with Gasteiger partial charge in [0.1, 0.15) is 6.54 Å². The number of anilines is 1. The molecule has 25 heavy (non-hydrogen) atoms. The maximum absolute atomic E-state index is 12.9. The molecule has 1 aliphatic rings. The van der Waals surface area contributed by atoms with Crippen molar-refractivity contribution in [2.75, 3.05) is 25.0 Å². The van der Waals surface area contributed by atoms with Crippen molar-refractivity contribution in [1.29, 1.82) is 0 Å². The standard InChI is InChI=1S/C18H22N4O3/c1-2-25-17(23)11-20-15-6-3-5-14(9-15)18(24)21-7-4-8-22-13-19-10-16(22)12-21/h3,5-6,9-10,13,20H,2,4,7-8,11-12H2,1H3. The van der Waals surface area contributed by atoms with Crippen LogP contribution in [0.15, 0.2) is 36.8 Å². The Morgan fingerprint density at radius 1 is 1.32 bits per heavy atom. The monoisotopic (exact) mass is 342 g/mol. The summed E-state index contributed by atoms with van der Waals surface area (Å²) in [5, 5.41) is 2.99. The van der Waals surface area contributed by atoms with Crippen LogP contribution in [0.2, 0.25) is 0 Å². The van der Waals surface area contributed by atoms with Gasteiger partial charge in [-0.15, -0.1) is 0 Å². The molecule has 2 heterocycles. The molecule has 1 aromatic heterocycles. The molecule has 1 amide bonds. The zero-order chi connectivity index (χ0) is 17.6. The minimum absolute atomic E-state index is 0.0190. The molecule has 2 aromatic rings. The van der Waals surface area contributed by atoms with E-state index in [9.17, 15) is 9.59 Å². The van der Waals surface area contributed by atoms with Crippen LogP contribution in [-0.2, 0) is 22.6 Å². The topological polar surface area (TPSA) is 76.5 Å². The Kier molecular flexibility index (Phi) is 5.33. The van der Waals surface area contributed by atoms with Crippen molar-refractivity contribution in [3.63, 3.8) is 0 Å². The Morgan fingerprint density at radius 2 is 2.20 bits per heavy atom. The number of esters is 1. The summed E-state index contributed by atoms with van der Waals surface area (Å²) in [6, 6.07) is 7.19. The van der Waals surface area contributed by atoms with Gasteiger partial charge in [0.25, 0.3) is 5.91 Å². The second-order valence-electron chi connectivity index (χ2n) is 5.90. The van der Waals surface area contributed by atoms with Crippen molar-refractivity contribution >= 4 is 17.6 Å². The Morgan fingerprint density at radius 3 is 3.04 bits per heavy atom. The molecule has 1 aliphatic heterocycles. The number of benzene rings is 1. The molecule has 0 saturated carbocycles. The first-order valence-electron chi connectivity index (χ1n) is 8.45. The first-order chi connectivity index (χ1) is 12.2. The molecule has 132 valence electrons. The van der Waals surface area contributed by atoms with E-state index in [4.69, 9.17) is 4.74 Å². The maximum Gasteiger partial charge on any atom is 0.325 e. The van der Waals surface area contributed by atoms with Gasteiger partial charge >= 0.3 is 5.97 Å². The smallest absolute Gasteiger partial charge is 0.325 e. The van der Waals surface area contributed by atoms with Gasteiger partial charge in [0, 0.05) is 30.5 Å². The highest BCUT2D eigenvalue weighted by molar-refractivity contribution is 5.95. The van der Waals surface area contributed by atoms with Gasteiger partial charge < -0.3 is 19.5 Å². The van der Waals surface area contributed by atoms with Crippen LogP contribution >= 0.6 is 0 Å². The van der Waals surface area contributed by atoms with E-state index in [1.165, 1.54) is 0 Å². The van der Waals surface area contributed by atoms with Gasteiger partial charge in [0.05, 0.1) is 25.2 Å². The number of ether oxygens (including phenoxy) is 1. The third kappa shape index (κ3) is 4.17. The van der Waals surface area contributed by atoms with Crippen molar-refractivity contribution in [3.05, 3.63) is 48.0 Å². The summed E-state index contributed by atoms with van der Waals surface area (Å²) in [5.41, 5.74) is 2.36. The van der Waals surface area contributed by atoms with Crippen LogP contribution < -0.4 is 5.32 Å². The van der Waals surface area contributed by atoms with E-state index < -0.39 is 0 Å². The number of hydrogen-bond acceptors (Lipinski definition) is 5. The predicted octanol–water partition coefficient (Wildman–Crippen LogP) is 1.90. The Bertz CT molecular complexity index is 756. The first-order valence-corrected chi connectivity index (χ1v) is 8.45. The maximum atomic E-state index is 12.9. The first kappa shape index (κ1) is 17.0. The average Bonchev–Trinajstić information content (AvgIpc) is 2.96. The number of nitrogens with zero attached hydrogens (tertiary/aromatic N) is 3. The van der Waals surface area contributed by atoms with Crippen LogP contribution in [0.3, 0.4) is 0 Å². The third-order valence-corrected chi connectivity index (χ3v) is 4.12. The number of carbonyl (C=O) groups excluding carboxylic acids is 2. The third-order valence-electron chi connectivity index (χ3n) is 4.12. The second-order valence-corrected chi connectivity index (χ2v) is 5.90. The highest BCUT2D eigenvalue weighted by atomic mass is 16.5. The lowest BCUT2D eigenvalue weighted by Gasteiger charge is -2.20. The minimum atomic E-state index is -0.319. The number of imidazole rings is 1. The van der Waals surface area contributed by atoms with E-state index in [0.717, 1.165) is 24.3 Å². The summed E-state index contributed by atoms with van der Waals surface area (Å²) in [6.07, 6.45) is 4.52. The zero-order valence-corrected chi connectivity index (χ0v) is 14.3. The van der Waals surface area contributed by atoms with Gasteiger partial charge in [-0.25, -0.2) is 4.98 Å². The van der Waals surface area contributed by atoms with Crippen molar-refractivity contribution in [3.8, 4) is 0 Å². The molecule has 3 rings (SSSR count). The summed E-state index contributed by atoms with van der Waals surface area (Å²) < 4.78 is 6.98. The normalized spacial score (nSPS) is 13.7. The minimum Gasteiger partial charge on any atom is -0.465 e. The highest BCUT2D eigenvalue weighted by Crippen LogP contribution is 2.17. The molecule has 0 unspecified atom stereocenters. The van der Waals surface area contributed by atoms with Crippen LogP contribution in [0.4, 0.5) is 5.69 Å². The fourth-order valence-corrected chi connectivity index (χ4v) is 2.89. The zero-order valence-electron chi connectivity index (χ0n) is 14.3. The molecule has 1 N–H and O–H groups in total. The second kappa shape index (κ2) is 7.83. The number of aromatic nitrogens is 2.